The zero-order chi connectivity index (χ0) is 13.9. The van der Waals surface area contributed by atoms with Crippen LogP contribution in [0.15, 0.2) is 18.3 Å². The molecule has 0 radical (unpaired) electrons. The highest BCUT2D eigenvalue weighted by atomic mass is 32.2. The number of aryl methyl sites for hydroxylation is 1. The van der Waals surface area contributed by atoms with Gasteiger partial charge in [0.2, 0.25) is 0 Å². The Balaban J connectivity index is 2.09. The average Bonchev–Trinajstić information content (AvgIpc) is 2.47. The van der Waals surface area contributed by atoms with Crippen molar-refractivity contribution in [2.24, 2.45) is 0 Å². The van der Waals surface area contributed by atoms with E-state index in [1.165, 1.54) is 0 Å². The molecule has 0 aromatic carbocycles. The first-order valence-corrected chi connectivity index (χ1v) is 7.52. The summed E-state index contributed by atoms with van der Waals surface area (Å²) in [5, 5.41) is 9.24. The summed E-state index contributed by atoms with van der Waals surface area (Å²) in [6.07, 6.45) is 5.12. The van der Waals surface area contributed by atoms with Crippen molar-refractivity contribution in [1.82, 2.24) is 9.88 Å². The summed E-state index contributed by atoms with van der Waals surface area (Å²) in [5.41, 5.74) is 1.42. The molecule has 0 aliphatic carbocycles. The molecule has 1 amide bonds. The van der Waals surface area contributed by atoms with Crippen LogP contribution in [-0.4, -0.2) is 39.9 Å². The highest BCUT2D eigenvalue weighted by Gasteiger charge is 2.35. The summed E-state index contributed by atoms with van der Waals surface area (Å²) >= 11 is 1.59. The van der Waals surface area contributed by atoms with Crippen molar-refractivity contribution < 1.29 is 4.79 Å². The standard InChI is InChI=1S/C14H17N3OS/c1-11-12(4-3-7-16-11)13(18)17-8-5-14(10-15,19-2)6-9-17/h3-4,7H,5-6,8-9H2,1-2H3. The van der Waals surface area contributed by atoms with Crippen molar-refractivity contribution in [1.29, 1.82) is 5.26 Å². The van der Waals surface area contributed by atoms with Gasteiger partial charge in [0.25, 0.3) is 5.91 Å². The molecule has 0 N–H and O–H groups in total. The molecule has 2 rings (SSSR count). The SMILES string of the molecule is CSC1(C#N)CCN(C(=O)c2cccnc2C)CC1. The van der Waals surface area contributed by atoms with Gasteiger partial charge in [-0.3, -0.25) is 9.78 Å². The summed E-state index contributed by atoms with van der Waals surface area (Å²) in [6.45, 7) is 3.13. The molecule has 100 valence electrons. The van der Waals surface area contributed by atoms with E-state index in [1.54, 1.807) is 24.0 Å². The van der Waals surface area contributed by atoms with E-state index < -0.39 is 0 Å². The molecule has 0 saturated carbocycles. The highest BCUT2D eigenvalue weighted by Crippen LogP contribution is 2.34. The van der Waals surface area contributed by atoms with Crippen molar-refractivity contribution in [2.45, 2.75) is 24.5 Å². The van der Waals surface area contributed by atoms with E-state index in [9.17, 15) is 10.1 Å². The first-order valence-electron chi connectivity index (χ1n) is 6.29. The quantitative estimate of drug-likeness (QED) is 0.830. The topological polar surface area (TPSA) is 57.0 Å². The number of nitrogens with zero attached hydrogens (tertiary/aromatic N) is 3. The van der Waals surface area contributed by atoms with Gasteiger partial charge < -0.3 is 4.90 Å². The van der Waals surface area contributed by atoms with Gasteiger partial charge in [-0.05, 0) is 38.2 Å². The largest absolute Gasteiger partial charge is 0.338 e. The molecule has 0 unspecified atom stereocenters. The van der Waals surface area contributed by atoms with Gasteiger partial charge in [-0.25, -0.2) is 0 Å². The normalized spacial score (nSPS) is 17.8. The van der Waals surface area contributed by atoms with E-state index >= 15 is 0 Å². The number of carbonyl (C=O) groups excluding carboxylic acids is 1. The Morgan fingerprint density at radius 2 is 2.21 bits per heavy atom. The van der Waals surface area contributed by atoms with Crippen LogP contribution in [0.4, 0.5) is 0 Å². The number of amides is 1. The number of pyridine rings is 1. The molecule has 0 spiro atoms. The van der Waals surface area contributed by atoms with E-state index in [4.69, 9.17) is 0 Å². The number of nitriles is 1. The number of thioether (sulfide) groups is 1. The summed E-state index contributed by atoms with van der Waals surface area (Å²) in [7, 11) is 0. The molecule has 2 heterocycles. The van der Waals surface area contributed by atoms with Crippen molar-refractivity contribution in [3.63, 3.8) is 0 Å². The fourth-order valence-corrected chi connectivity index (χ4v) is 3.00. The number of rotatable bonds is 2. The average molecular weight is 275 g/mol. The lowest BCUT2D eigenvalue weighted by atomic mass is 9.96. The Labute approximate surface area is 117 Å². The minimum atomic E-state index is -0.319. The van der Waals surface area contributed by atoms with Gasteiger partial charge in [-0.1, -0.05) is 0 Å². The molecule has 4 nitrogen and oxygen atoms in total. The maximum Gasteiger partial charge on any atom is 0.255 e. The molecule has 1 aromatic rings. The zero-order valence-electron chi connectivity index (χ0n) is 11.2. The van der Waals surface area contributed by atoms with Gasteiger partial charge in [0.05, 0.1) is 11.6 Å². The van der Waals surface area contributed by atoms with Crippen LogP contribution < -0.4 is 0 Å². The molecule has 1 aromatic heterocycles. The van der Waals surface area contributed by atoms with Gasteiger partial charge in [0, 0.05) is 25.0 Å². The van der Waals surface area contributed by atoms with E-state index in [1.807, 2.05) is 24.1 Å². The molecular formula is C14H17N3OS. The predicted molar refractivity (Wildman–Crippen MR) is 76.0 cm³/mol. The molecule has 0 bridgehead atoms. The number of hydrogen-bond donors (Lipinski definition) is 0. The molecule has 0 atom stereocenters. The third kappa shape index (κ3) is 2.74. The Bertz CT molecular complexity index is 516. The molecule has 1 fully saturated rings. The maximum absolute atomic E-state index is 12.4. The monoisotopic (exact) mass is 275 g/mol. The number of carbonyl (C=O) groups is 1. The number of piperidine rings is 1. The predicted octanol–water partition coefficient (Wildman–Crippen LogP) is 2.25. The number of hydrogen-bond acceptors (Lipinski definition) is 4. The summed E-state index contributed by atoms with van der Waals surface area (Å²) in [4.78, 5) is 18.4. The molecule has 5 heteroatoms. The summed E-state index contributed by atoms with van der Waals surface area (Å²) in [5.74, 6) is 0.0262. The Kier molecular flexibility index (Phi) is 4.11. The first kappa shape index (κ1) is 13.9. The van der Waals surface area contributed by atoms with E-state index in [-0.39, 0.29) is 10.7 Å². The maximum atomic E-state index is 12.4. The second-order valence-corrected chi connectivity index (χ2v) is 5.93. The smallest absolute Gasteiger partial charge is 0.255 e. The van der Waals surface area contributed by atoms with Crippen LogP contribution in [-0.2, 0) is 0 Å². The zero-order valence-corrected chi connectivity index (χ0v) is 12.0. The van der Waals surface area contributed by atoms with E-state index in [0.29, 0.717) is 18.7 Å². The molecular weight excluding hydrogens is 258 g/mol. The van der Waals surface area contributed by atoms with Gasteiger partial charge in [0.1, 0.15) is 4.75 Å². The minimum Gasteiger partial charge on any atom is -0.338 e. The van der Waals surface area contributed by atoms with Crippen LogP contribution in [0.1, 0.15) is 28.9 Å². The van der Waals surface area contributed by atoms with Crippen molar-refractivity contribution in [2.75, 3.05) is 19.3 Å². The Morgan fingerprint density at radius 1 is 1.53 bits per heavy atom. The highest BCUT2D eigenvalue weighted by molar-refractivity contribution is 8.00. The minimum absolute atomic E-state index is 0.0262. The van der Waals surface area contributed by atoms with Crippen LogP contribution in [0.2, 0.25) is 0 Å². The molecule has 1 aliphatic rings. The van der Waals surface area contributed by atoms with Gasteiger partial charge in [-0.15, -0.1) is 11.8 Å². The van der Waals surface area contributed by atoms with Crippen molar-refractivity contribution in [3.8, 4) is 6.07 Å². The first-order chi connectivity index (χ1) is 9.12. The lowest BCUT2D eigenvalue weighted by Crippen LogP contribution is -2.44. The lowest BCUT2D eigenvalue weighted by Gasteiger charge is -2.36. The fraction of sp³-hybridized carbons (Fsp3) is 0.500. The van der Waals surface area contributed by atoms with Crippen molar-refractivity contribution in [3.05, 3.63) is 29.6 Å². The van der Waals surface area contributed by atoms with Gasteiger partial charge in [0.15, 0.2) is 0 Å². The number of aromatic nitrogens is 1. The fourth-order valence-electron chi connectivity index (χ4n) is 2.31. The number of likely N-dealkylation sites (tertiary alicyclic amines) is 1. The Hall–Kier alpha value is -1.54. The van der Waals surface area contributed by atoms with Crippen molar-refractivity contribution >= 4 is 17.7 Å². The molecule has 1 saturated heterocycles. The molecule has 19 heavy (non-hydrogen) atoms. The summed E-state index contributed by atoms with van der Waals surface area (Å²) in [6, 6.07) is 5.98. The van der Waals surface area contributed by atoms with Gasteiger partial charge >= 0.3 is 0 Å². The van der Waals surface area contributed by atoms with Crippen LogP contribution >= 0.6 is 11.8 Å². The van der Waals surface area contributed by atoms with Crippen LogP contribution in [0, 0.1) is 18.3 Å². The third-order valence-corrected chi connectivity index (χ3v) is 4.97. The Morgan fingerprint density at radius 3 is 2.74 bits per heavy atom. The second kappa shape index (κ2) is 5.62. The van der Waals surface area contributed by atoms with E-state index in [2.05, 4.69) is 11.1 Å². The van der Waals surface area contributed by atoms with Crippen LogP contribution in [0.5, 0.6) is 0 Å². The van der Waals surface area contributed by atoms with Crippen LogP contribution in [0.25, 0.3) is 0 Å². The summed E-state index contributed by atoms with van der Waals surface area (Å²) < 4.78 is -0.319. The third-order valence-electron chi connectivity index (χ3n) is 3.69. The second-order valence-electron chi connectivity index (χ2n) is 4.74. The van der Waals surface area contributed by atoms with Crippen LogP contribution in [0.3, 0.4) is 0 Å². The van der Waals surface area contributed by atoms with Gasteiger partial charge in [-0.2, -0.15) is 5.26 Å². The lowest BCUT2D eigenvalue weighted by molar-refractivity contribution is 0.0715. The molecule has 1 aliphatic heterocycles. The van der Waals surface area contributed by atoms with E-state index in [0.717, 1.165) is 18.5 Å².